The van der Waals surface area contributed by atoms with Crippen LogP contribution in [-0.4, -0.2) is 29.3 Å². The van der Waals surface area contributed by atoms with E-state index < -0.39 is 0 Å². The topological polar surface area (TPSA) is 62.4 Å². The summed E-state index contributed by atoms with van der Waals surface area (Å²) in [7, 11) is 0. The van der Waals surface area contributed by atoms with Crippen molar-refractivity contribution in [1.82, 2.24) is 4.98 Å². The fourth-order valence-corrected chi connectivity index (χ4v) is 2.15. The molecule has 16 heavy (non-hydrogen) atoms. The molecular formula is C12H19N3O. The third-order valence-electron chi connectivity index (χ3n) is 3.31. The average Bonchev–Trinajstić information content (AvgIpc) is 2.23. The van der Waals surface area contributed by atoms with Crippen molar-refractivity contribution >= 4 is 11.5 Å². The van der Waals surface area contributed by atoms with Crippen LogP contribution in [0.25, 0.3) is 0 Å². The maximum Gasteiger partial charge on any atom is 0.123 e. The van der Waals surface area contributed by atoms with Crippen LogP contribution in [0.2, 0.25) is 0 Å². The van der Waals surface area contributed by atoms with Gasteiger partial charge in [0.25, 0.3) is 0 Å². The van der Waals surface area contributed by atoms with Crippen molar-refractivity contribution in [1.29, 1.82) is 0 Å². The maximum absolute atomic E-state index is 9.88. The maximum atomic E-state index is 9.88. The molecule has 2 rings (SSSR count). The molecular weight excluding hydrogens is 202 g/mol. The van der Waals surface area contributed by atoms with Crippen LogP contribution >= 0.6 is 0 Å². The normalized spacial score (nSPS) is 24.4. The van der Waals surface area contributed by atoms with E-state index in [0.29, 0.717) is 5.82 Å². The summed E-state index contributed by atoms with van der Waals surface area (Å²) < 4.78 is 0. The number of hydrogen-bond acceptors (Lipinski definition) is 4. The molecule has 0 aliphatic carbocycles. The molecule has 1 atom stereocenters. The Bertz CT molecular complexity index is 361. The second kappa shape index (κ2) is 3.94. The SMILES string of the molecule is CC1(C)CN(c2ccc(N)nc2)CCC1O. The molecule has 1 aliphatic heterocycles. The molecule has 88 valence electrons. The van der Waals surface area contributed by atoms with Gasteiger partial charge in [0.1, 0.15) is 5.82 Å². The Morgan fingerprint density at radius 1 is 1.50 bits per heavy atom. The largest absolute Gasteiger partial charge is 0.392 e. The zero-order valence-electron chi connectivity index (χ0n) is 9.85. The molecule has 0 aromatic carbocycles. The lowest BCUT2D eigenvalue weighted by Crippen LogP contribution is -2.48. The van der Waals surface area contributed by atoms with Crippen molar-refractivity contribution in [2.45, 2.75) is 26.4 Å². The van der Waals surface area contributed by atoms with E-state index in [-0.39, 0.29) is 11.5 Å². The molecule has 3 N–H and O–H groups in total. The van der Waals surface area contributed by atoms with E-state index in [0.717, 1.165) is 25.2 Å². The Morgan fingerprint density at radius 3 is 2.81 bits per heavy atom. The van der Waals surface area contributed by atoms with Crippen molar-refractivity contribution in [3.63, 3.8) is 0 Å². The molecule has 0 radical (unpaired) electrons. The summed E-state index contributed by atoms with van der Waals surface area (Å²) in [5.74, 6) is 0.542. The summed E-state index contributed by atoms with van der Waals surface area (Å²) in [6.45, 7) is 5.90. The monoisotopic (exact) mass is 221 g/mol. The van der Waals surface area contributed by atoms with Crippen molar-refractivity contribution in [3.05, 3.63) is 18.3 Å². The van der Waals surface area contributed by atoms with Crippen molar-refractivity contribution in [3.8, 4) is 0 Å². The molecule has 2 heterocycles. The zero-order valence-corrected chi connectivity index (χ0v) is 9.85. The summed E-state index contributed by atoms with van der Waals surface area (Å²) in [5.41, 5.74) is 6.57. The molecule has 0 saturated carbocycles. The van der Waals surface area contributed by atoms with Gasteiger partial charge in [0.05, 0.1) is 18.0 Å². The predicted octanol–water partition coefficient (Wildman–Crippen LogP) is 1.26. The summed E-state index contributed by atoms with van der Waals surface area (Å²) in [6.07, 6.45) is 2.38. The van der Waals surface area contributed by atoms with Gasteiger partial charge in [-0.1, -0.05) is 13.8 Å². The van der Waals surface area contributed by atoms with Crippen LogP contribution < -0.4 is 10.6 Å². The van der Waals surface area contributed by atoms with Gasteiger partial charge >= 0.3 is 0 Å². The highest BCUT2D eigenvalue weighted by Crippen LogP contribution is 2.31. The summed E-state index contributed by atoms with van der Waals surface area (Å²) in [4.78, 5) is 6.34. The minimum absolute atomic E-state index is 0.0698. The van der Waals surface area contributed by atoms with Crippen LogP contribution in [0.4, 0.5) is 11.5 Å². The first-order valence-corrected chi connectivity index (χ1v) is 5.63. The Labute approximate surface area is 96.1 Å². The van der Waals surface area contributed by atoms with Gasteiger partial charge in [-0.15, -0.1) is 0 Å². The lowest BCUT2D eigenvalue weighted by atomic mass is 9.81. The summed E-state index contributed by atoms with van der Waals surface area (Å²) in [6, 6.07) is 3.80. The van der Waals surface area contributed by atoms with Gasteiger partial charge in [-0.25, -0.2) is 4.98 Å². The molecule has 4 nitrogen and oxygen atoms in total. The highest BCUT2D eigenvalue weighted by atomic mass is 16.3. The van der Waals surface area contributed by atoms with Gasteiger partial charge in [-0.05, 0) is 18.6 Å². The van der Waals surface area contributed by atoms with Gasteiger partial charge in [0.2, 0.25) is 0 Å². The van der Waals surface area contributed by atoms with Gasteiger partial charge in [-0.3, -0.25) is 0 Å². The first-order chi connectivity index (χ1) is 7.49. The quantitative estimate of drug-likeness (QED) is 0.749. The zero-order chi connectivity index (χ0) is 11.8. The Morgan fingerprint density at radius 2 is 2.25 bits per heavy atom. The molecule has 1 unspecified atom stereocenters. The van der Waals surface area contributed by atoms with E-state index in [1.807, 2.05) is 12.1 Å². The van der Waals surface area contributed by atoms with E-state index in [9.17, 15) is 5.11 Å². The number of hydrogen-bond donors (Lipinski definition) is 2. The summed E-state index contributed by atoms with van der Waals surface area (Å²) >= 11 is 0. The fraction of sp³-hybridized carbons (Fsp3) is 0.583. The molecule has 1 aliphatic rings. The van der Waals surface area contributed by atoms with Crippen molar-refractivity contribution in [2.75, 3.05) is 23.7 Å². The predicted molar refractivity (Wildman–Crippen MR) is 65.3 cm³/mol. The van der Waals surface area contributed by atoms with Crippen molar-refractivity contribution in [2.24, 2.45) is 5.41 Å². The average molecular weight is 221 g/mol. The molecule has 0 bridgehead atoms. The second-order valence-corrected chi connectivity index (χ2v) is 5.16. The molecule has 1 fully saturated rings. The third kappa shape index (κ3) is 2.11. The molecule has 4 heteroatoms. The van der Waals surface area contributed by atoms with E-state index >= 15 is 0 Å². The lowest BCUT2D eigenvalue weighted by Gasteiger charge is -2.42. The third-order valence-corrected chi connectivity index (χ3v) is 3.31. The van der Waals surface area contributed by atoms with Crippen LogP contribution in [0.5, 0.6) is 0 Å². The lowest BCUT2D eigenvalue weighted by molar-refractivity contribution is 0.0336. The number of piperidine rings is 1. The fourth-order valence-electron chi connectivity index (χ4n) is 2.15. The highest BCUT2D eigenvalue weighted by Gasteiger charge is 2.34. The number of anilines is 2. The van der Waals surface area contributed by atoms with Crippen LogP contribution in [0.3, 0.4) is 0 Å². The van der Waals surface area contributed by atoms with Gasteiger partial charge in [-0.2, -0.15) is 0 Å². The smallest absolute Gasteiger partial charge is 0.123 e. The van der Waals surface area contributed by atoms with Gasteiger partial charge in [0.15, 0.2) is 0 Å². The van der Waals surface area contributed by atoms with Crippen LogP contribution in [0.15, 0.2) is 18.3 Å². The second-order valence-electron chi connectivity index (χ2n) is 5.16. The van der Waals surface area contributed by atoms with E-state index in [1.165, 1.54) is 0 Å². The first kappa shape index (κ1) is 11.2. The first-order valence-electron chi connectivity index (χ1n) is 5.63. The standard InChI is InChI=1S/C12H19N3O/c1-12(2)8-15(6-5-10(12)16)9-3-4-11(13)14-7-9/h3-4,7,10,16H,5-6,8H2,1-2H3,(H2,13,14). The van der Waals surface area contributed by atoms with Gasteiger partial charge < -0.3 is 15.7 Å². The number of aromatic nitrogens is 1. The number of aliphatic hydroxyl groups is 1. The number of rotatable bonds is 1. The minimum Gasteiger partial charge on any atom is -0.392 e. The number of nitrogen functional groups attached to an aromatic ring is 1. The Balaban J connectivity index is 2.14. The Kier molecular flexibility index (Phi) is 2.76. The van der Waals surface area contributed by atoms with Crippen LogP contribution in [0.1, 0.15) is 20.3 Å². The van der Waals surface area contributed by atoms with Crippen LogP contribution in [-0.2, 0) is 0 Å². The van der Waals surface area contributed by atoms with E-state index in [4.69, 9.17) is 5.73 Å². The van der Waals surface area contributed by atoms with E-state index in [2.05, 4.69) is 23.7 Å². The minimum atomic E-state index is -0.217. The summed E-state index contributed by atoms with van der Waals surface area (Å²) in [5, 5.41) is 9.88. The van der Waals surface area contributed by atoms with Crippen LogP contribution in [0, 0.1) is 5.41 Å². The molecule has 1 saturated heterocycles. The molecule has 0 spiro atoms. The molecule has 1 aromatic heterocycles. The molecule has 0 amide bonds. The highest BCUT2D eigenvalue weighted by molar-refractivity contribution is 5.48. The number of pyridine rings is 1. The van der Waals surface area contributed by atoms with Gasteiger partial charge in [0, 0.05) is 18.5 Å². The number of nitrogens with zero attached hydrogens (tertiary/aromatic N) is 2. The molecule has 1 aromatic rings. The Hall–Kier alpha value is -1.29. The number of nitrogens with two attached hydrogens (primary N) is 1. The van der Waals surface area contributed by atoms with E-state index in [1.54, 1.807) is 6.20 Å². The number of aliphatic hydroxyl groups excluding tert-OH is 1. The van der Waals surface area contributed by atoms with Crippen molar-refractivity contribution < 1.29 is 5.11 Å².